The van der Waals surface area contributed by atoms with E-state index in [0.717, 1.165) is 9.75 Å². The maximum absolute atomic E-state index is 11.7. The molecule has 3 aromatic rings. The van der Waals surface area contributed by atoms with Gasteiger partial charge in [-0.15, -0.1) is 21.5 Å². The number of benzene rings is 1. The first kappa shape index (κ1) is 17.5. The molecule has 0 N–H and O–H groups in total. The number of nitrogens with zero attached hydrogens (tertiary/aromatic N) is 3. The molecule has 0 fully saturated rings. The lowest BCUT2D eigenvalue weighted by atomic mass is 10.2. The van der Waals surface area contributed by atoms with Crippen molar-refractivity contribution in [1.82, 2.24) is 10.2 Å². The van der Waals surface area contributed by atoms with Crippen molar-refractivity contribution in [3.63, 3.8) is 0 Å². The zero-order chi connectivity index (χ0) is 18.5. The number of hydrogen-bond acceptors (Lipinski definition) is 8. The predicted octanol–water partition coefficient (Wildman–Crippen LogP) is 3.77. The Morgan fingerprint density at radius 2 is 2.04 bits per heavy atom. The first-order chi connectivity index (χ1) is 12.5. The number of ether oxygens (including phenoxy) is 1. The van der Waals surface area contributed by atoms with Gasteiger partial charge in [0.15, 0.2) is 6.61 Å². The van der Waals surface area contributed by atoms with Crippen LogP contribution in [0.4, 0.5) is 5.69 Å². The molecule has 1 aromatic carbocycles. The Bertz CT molecular complexity index is 959. The largest absolute Gasteiger partial charge is 0.452 e. The Morgan fingerprint density at radius 3 is 2.69 bits per heavy atom. The highest BCUT2D eigenvalue weighted by molar-refractivity contribution is 7.12. The molecule has 26 heavy (non-hydrogen) atoms. The average Bonchev–Trinajstić information content (AvgIpc) is 3.27. The van der Waals surface area contributed by atoms with Crippen LogP contribution in [0.2, 0.25) is 0 Å². The molecule has 132 valence electrons. The van der Waals surface area contributed by atoms with Gasteiger partial charge in [0.25, 0.3) is 11.6 Å². The fourth-order valence-corrected chi connectivity index (χ4v) is 2.81. The van der Waals surface area contributed by atoms with Crippen LogP contribution in [0.3, 0.4) is 0 Å². The standard InChI is InChI=1S/C17H13N3O5S/c1-11-2-7-14(26-11)8-9-16(21)24-10-15-18-19-17(25-15)12-3-5-13(6-4-12)20(22)23/h2-9H,10H2,1H3/b9-8+. The molecule has 0 atom stereocenters. The van der Waals surface area contributed by atoms with Crippen LogP contribution in [-0.2, 0) is 16.1 Å². The summed E-state index contributed by atoms with van der Waals surface area (Å²) >= 11 is 1.57. The smallest absolute Gasteiger partial charge is 0.331 e. The van der Waals surface area contributed by atoms with Crippen molar-refractivity contribution in [1.29, 1.82) is 0 Å². The average molecular weight is 371 g/mol. The highest BCUT2D eigenvalue weighted by Crippen LogP contribution is 2.21. The minimum atomic E-state index is -0.522. The van der Waals surface area contributed by atoms with E-state index >= 15 is 0 Å². The zero-order valence-electron chi connectivity index (χ0n) is 13.6. The van der Waals surface area contributed by atoms with Gasteiger partial charge in [-0.25, -0.2) is 4.79 Å². The van der Waals surface area contributed by atoms with Crippen molar-refractivity contribution in [2.45, 2.75) is 13.5 Å². The number of esters is 1. The third-order valence-electron chi connectivity index (χ3n) is 3.27. The van der Waals surface area contributed by atoms with E-state index in [0.29, 0.717) is 5.56 Å². The van der Waals surface area contributed by atoms with Gasteiger partial charge in [-0.3, -0.25) is 10.1 Å². The van der Waals surface area contributed by atoms with Crippen LogP contribution >= 0.6 is 11.3 Å². The second kappa shape index (κ2) is 7.70. The number of carbonyl (C=O) groups excluding carboxylic acids is 1. The zero-order valence-corrected chi connectivity index (χ0v) is 14.4. The Labute approximate surface area is 151 Å². The normalized spacial score (nSPS) is 11.0. The number of non-ortho nitro benzene ring substituents is 1. The molecule has 0 bridgehead atoms. The summed E-state index contributed by atoms with van der Waals surface area (Å²) in [7, 11) is 0. The molecule has 0 aliphatic rings. The summed E-state index contributed by atoms with van der Waals surface area (Å²) in [6, 6.07) is 9.58. The molecule has 0 aliphatic carbocycles. The number of rotatable bonds is 6. The van der Waals surface area contributed by atoms with Gasteiger partial charge in [-0.1, -0.05) is 0 Å². The summed E-state index contributed by atoms with van der Waals surface area (Å²) in [6.45, 7) is 1.82. The molecule has 8 nitrogen and oxygen atoms in total. The van der Waals surface area contributed by atoms with Gasteiger partial charge in [0.1, 0.15) is 0 Å². The van der Waals surface area contributed by atoms with Crippen LogP contribution in [0, 0.1) is 17.0 Å². The van der Waals surface area contributed by atoms with Gasteiger partial charge in [0.05, 0.1) is 4.92 Å². The number of nitro groups is 1. The first-order valence-corrected chi connectivity index (χ1v) is 8.31. The molecular weight excluding hydrogens is 358 g/mol. The van der Waals surface area contributed by atoms with Crippen molar-refractivity contribution < 1.29 is 18.9 Å². The number of nitro benzene ring substituents is 1. The lowest BCUT2D eigenvalue weighted by Gasteiger charge is -1.97. The summed E-state index contributed by atoms with van der Waals surface area (Å²) in [6.07, 6.45) is 3.01. The van der Waals surface area contributed by atoms with E-state index in [1.165, 1.54) is 30.3 Å². The number of hydrogen-bond donors (Lipinski definition) is 0. The van der Waals surface area contributed by atoms with Crippen LogP contribution in [0.15, 0.2) is 46.9 Å². The van der Waals surface area contributed by atoms with E-state index in [1.54, 1.807) is 17.4 Å². The SMILES string of the molecule is Cc1ccc(/C=C/C(=O)OCc2nnc(-c3ccc([N+](=O)[O-])cc3)o2)s1. The van der Waals surface area contributed by atoms with Crippen LogP contribution < -0.4 is 0 Å². The summed E-state index contributed by atoms with van der Waals surface area (Å²) in [5.74, 6) is -0.200. The number of carbonyl (C=O) groups is 1. The van der Waals surface area contributed by atoms with Gasteiger partial charge < -0.3 is 9.15 Å². The summed E-state index contributed by atoms with van der Waals surface area (Å²) < 4.78 is 10.4. The molecule has 2 aromatic heterocycles. The lowest BCUT2D eigenvalue weighted by molar-refractivity contribution is -0.384. The van der Waals surface area contributed by atoms with E-state index < -0.39 is 10.9 Å². The molecule has 2 heterocycles. The Hall–Kier alpha value is -3.33. The molecule has 3 rings (SSSR count). The molecule has 0 saturated carbocycles. The molecule has 0 saturated heterocycles. The minimum Gasteiger partial charge on any atom is -0.452 e. The van der Waals surface area contributed by atoms with Gasteiger partial charge in [-0.05, 0) is 37.3 Å². The van der Waals surface area contributed by atoms with Crippen molar-refractivity contribution in [2.24, 2.45) is 0 Å². The van der Waals surface area contributed by atoms with Crippen LogP contribution in [0.1, 0.15) is 15.6 Å². The van der Waals surface area contributed by atoms with Gasteiger partial charge in [0.2, 0.25) is 5.89 Å². The van der Waals surface area contributed by atoms with E-state index in [9.17, 15) is 14.9 Å². The van der Waals surface area contributed by atoms with Crippen LogP contribution in [-0.4, -0.2) is 21.1 Å². The van der Waals surface area contributed by atoms with Crippen molar-refractivity contribution in [3.05, 3.63) is 68.2 Å². The minimum absolute atomic E-state index is 0.0323. The second-order valence-electron chi connectivity index (χ2n) is 5.19. The van der Waals surface area contributed by atoms with E-state index in [4.69, 9.17) is 9.15 Å². The molecule has 0 radical (unpaired) electrons. The Kier molecular flexibility index (Phi) is 5.18. The quantitative estimate of drug-likeness (QED) is 0.281. The van der Waals surface area contributed by atoms with Crippen LogP contribution in [0.25, 0.3) is 17.5 Å². The summed E-state index contributed by atoms with van der Waals surface area (Å²) in [5, 5.41) is 18.3. The third-order valence-corrected chi connectivity index (χ3v) is 4.24. The number of aryl methyl sites for hydroxylation is 1. The Balaban J connectivity index is 1.57. The maximum Gasteiger partial charge on any atom is 0.331 e. The predicted molar refractivity (Wildman–Crippen MR) is 94.3 cm³/mol. The molecule has 0 aliphatic heterocycles. The Morgan fingerprint density at radius 1 is 1.27 bits per heavy atom. The van der Waals surface area contributed by atoms with E-state index in [-0.39, 0.29) is 24.1 Å². The third kappa shape index (κ3) is 4.39. The van der Waals surface area contributed by atoms with E-state index in [1.807, 2.05) is 19.1 Å². The highest BCUT2D eigenvalue weighted by Gasteiger charge is 2.12. The number of aromatic nitrogens is 2. The van der Waals surface area contributed by atoms with Gasteiger partial charge >= 0.3 is 5.97 Å². The molecule has 9 heteroatoms. The number of thiophene rings is 1. The summed E-state index contributed by atoms with van der Waals surface area (Å²) in [5.41, 5.74) is 0.503. The lowest BCUT2D eigenvalue weighted by Crippen LogP contribution is -2.00. The van der Waals surface area contributed by atoms with Crippen LogP contribution in [0.5, 0.6) is 0 Å². The fraction of sp³-hybridized carbons (Fsp3) is 0.118. The van der Waals surface area contributed by atoms with Crippen molar-refractivity contribution >= 4 is 29.1 Å². The maximum atomic E-state index is 11.7. The summed E-state index contributed by atoms with van der Waals surface area (Å²) in [4.78, 5) is 24.0. The first-order valence-electron chi connectivity index (χ1n) is 7.50. The molecule has 0 amide bonds. The topological polar surface area (TPSA) is 108 Å². The van der Waals surface area contributed by atoms with Gasteiger partial charge in [-0.2, -0.15) is 0 Å². The second-order valence-corrected chi connectivity index (χ2v) is 6.51. The van der Waals surface area contributed by atoms with Crippen molar-refractivity contribution in [2.75, 3.05) is 0 Å². The molecular formula is C17H13N3O5S. The molecule has 0 unspecified atom stereocenters. The highest BCUT2D eigenvalue weighted by atomic mass is 32.1. The van der Waals surface area contributed by atoms with Crippen molar-refractivity contribution in [3.8, 4) is 11.5 Å². The fourth-order valence-electron chi connectivity index (χ4n) is 2.03. The molecule has 0 spiro atoms. The van der Waals surface area contributed by atoms with Gasteiger partial charge in [0, 0.05) is 33.5 Å². The van der Waals surface area contributed by atoms with E-state index in [2.05, 4.69) is 10.2 Å². The monoisotopic (exact) mass is 371 g/mol.